The molecule has 1 fully saturated rings. The number of hydrogen-bond acceptors (Lipinski definition) is 5. The lowest BCUT2D eigenvalue weighted by Crippen LogP contribution is -2.35. The third kappa shape index (κ3) is 4.28. The normalized spacial score (nSPS) is 17.3. The van der Waals surface area contributed by atoms with Gasteiger partial charge in [0, 0.05) is 32.9 Å². The molecule has 4 aromatic rings. The number of aromatic nitrogens is 3. The molecule has 2 aromatic heterocycles. The molecule has 5 rings (SSSR count). The molecule has 0 unspecified atom stereocenters. The van der Waals surface area contributed by atoms with E-state index in [1.807, 2.05) is 36.4 Å². The van der Waals surface area contributed by atoms with E-state index in [4.69, 9.17) is 11.6 Å². The molecule has 1 saturated heterocycles. The Morgan fingerprint density at radius 2 is 1.85 bits per heavy atom. The third-order valence-corrected chi connectivity index (χ3v) is 8.33. The Morgan fingerprint density at radius 1 is 1.09 bits per heavy atom. The van der Waals surface area contributed by atoms with Crippen LogP contribution in [0.3, 0.4) is 0 Å². The number of halogens is 2. The summed E-state index contributed by atoms with van der Waals surface area (Å²) in [6.45, 7) is 0. The van der Waals surface area contributed by atoms with Crippen molar-refractivity contribution in [2.75, 3.05) is 11.5 Å². The molecule has 0 bridgehead atoms. The van der Waals surface area contributed by atoms with Gasteiger partial charge in [0.15, 0.2) is 15.5 Å². The van der Waals surface area contributed by atoms with E-state index in [1.165, 1.54) is 6.20 Å². The summed E-state index contributed by atoms with van der Waals surface area (Å²) in [5, 5.41) is 7.91. The standard InChI is InChI=1S/C23H18BrClN4O3S/c24-20-4-2-1-3-17(20)18-11-26-22-19(23(30)28-16-9-10-33(31,32)13-16)12-27-29(22)21(18)14-5-7-15(25)8-6-14/h1-8,11-12,16H,9-10,13H2,(H,28,30)/t16-/m1/s1. The second kappa shape index (κ2) is 8.55. The lowest BCUT2D eigenvalue weighted by atomic mass is 10.0. The van der Waals surface area contributed by atoms with Gasteiger partial charge < -0.3 is 5.32 Å². The summed E-state index contributed by atoms with van der Waals surface area (Å²) < 4.78 is 26.0. The first-order valence-corrected chi connectivity index (χ1v) is 13.2. The van der Waals surface area contributed by atoms with Crippen LogP contribution in [0.15, 0.2) is 65.4 Å². The van der Waals surface area contributed by atoms with E-state index in [-0.39, 0.29) is 17.1 Å². The number of nitrogens with zero attached hydrogens (tertiary/aromatic N) is 3. The van der Waals surface area contributed by atoms with Gasteiger partial charge in [-0.15, -0.1) is 0 Å². The fourth-order valence-corrected chi connectivity index (χ4v) is 6.32. The average Bonchev–Trinajstić information content (AvgIpc) is 3.37. The molecule has 10 heteroatoms. The van der Waals surface area contributed by atoms with Gasteiger partial charge in [0.2, 0.25) is 0 Å². The van der Waals surface area contributed by atoms with Gasteiger partial charge in [-0.05, 0) is 30.2 Å². The van der Waals surface area contributed by atoms with Crippen LogP contribution >= 0.6 is 27.5 Å². The van der Waals surface area contributed by atoms with Crippen LogP contribution in [0.5, 0.6) is 0 Å². The summed E-state index contributed by atoms with van der Waals surface area (Å²) in [6.07, 6.45) is 3.59. The van der Waals surface area contributed by atoms with Gasteiger partial charge >= 0.3 is 0 Å². The maximum atomic E-state index is 13.0. The van der Waals surface area contributed by atoms with Crippen molar-refractivity contribution >= 4 is 48.9 Å². The molecule has 33 heavy (non-hydrogen) atoms. The Kier molecular flexibility index (Phi) is 5.72. The van der Waals surface area contributed by atoms with Crippen molar-refractivity contribution in [2.45, 2.75) is 12.5 Å². The predicted molar refractivity (Wildman–Crippen MR) is 131 cm³/mol. The van der Waals surface area contributed by atoms with E-state index < -0.39 is 21.8 Å². The maximum absolute atomic E-state index is 13.0. The molecular formula is C23H18BrClN4O3S. The monoisotopic (exact) mass is 544 g/mol. The summed E-state index contributed by atoms with van der Waals surface area (Å²) in [6, 6.07) is 14.8. The van der Waals surface area contributed by atoms with Gasteiger partial charge in [0.05, 0.1) is 23.4 Å². The van der Waals surface area contributed by atoms with Crippen molar-refractivity contribution in [3.05, 3.63) is 76.0 Å². The molecule has 1 amide bonds. The van der Waals surface area contributed by atoms with Crippen LogP contribution in [-0.2, 0) is 9.84 Å². The Bertz CT molecular complexity index is 1490. The predicted octanol–water partition coefficient (Wildman–Crippen LogP) is 4.40. The highest BCUT2D eigenvalue weighted by molar-refractivity contribution is 9.10. The van der Waals surface area contributed by atoms with Crippen molar-refractivity contribution in [1.29, 1.82) is 0 Å². The van der Waals surface area contributed by atoms with E-state index in [2.05, 4.69) is 31.3 Å². The molecule has 3 heterocycles. The van der Waals surface area contributed by atoms with Crippen LogP contribution in [0.25, 0.3) is 28.0 Å². The van der Waals surface area contributed by atoms with Crippen LogP contribution in [-0.4, -0.2) is 46.5 Å². The molecule has 168 valence electrons. The van der Waals surface area contributed by atoms with E-state index in [9.17, 15) is 13.2 Å². The zero-order valence-electron chi connectivity index (χ0n) is 17.2. The zero-order valence-corrected chi connectivity index (χ0v) is 20.4. The zero-order chi connectivity index (χ0) is 23.2. The van der Waals surface area contributed by atoms with Crippen LogP contribution in [0.1, 0.15) is 16.8 Å². The van der Waals surface area contributed by atoms with Crippen molar-refractivity contribution in [1.82, 2.24) is 19.9 Å². The lowest BCUT2D eigenvalue weighted by molar-refractivity contribution is 0.0942. The van der Waals surface area contributed by atoms with Gasteiger partial charge in [0.25, 0.3) is 5.91 Å². The van der Waals surface area contributed by atoms with Crippen molar-refractivity contribution in [3.8, 4) is 22.4 Å². The number of hydrogen-bond donors (Lipinski definition) is 1. The molecule has 0 saturated carbocycles. The number of rotatable bonds is 4. The fraction of sp³-hybridized carbons (Fsp3) is 0.174. The Balaban J connectivity index is 1.63. The number of carbonyl (C=O) groups is 1. The maximum Gasteiger partial charge on any atom is 0.257 e. The van der Waals surface area contributed by atoms with Crippen LogP contribution in [0.4, 0.5) is 0 Å². The number of nitrogens with one attached hydrogen (secondary N) is 1. The highest BCUT2D eigenvalue weighted by Gasteiger charge is 2.30. The largest absolute Gasteiger partial charge is 0.348 e. The number of sulfone groups is 1. The average molecular weight is 546 g/mol. The molecule has 2 aromatic carbocycles. The fourth-order valence-electron chi connectivity index (χ4n) is 4.03. The van der Waals surface area contributed by atoms with Crippen molar-refractivity contribution in [3.63, 3.8) is 0 Å². The summed E-state index contributed by atoms with van der Waals surface area (Å²) in [5.41, 5.74) is 4.03. The molecular weight excluding hydrogens is 528 g/mol. The number of carbonyl (C=O) groups excluding carboxylic acids is 1. The molecule has 1 aliphatic heterocycles. The smallest absolute Gasteiger partial charge is 0.257 e. The topological polar surface area (TPSA) is 93.4 Å². The van der Waals surface area contributed by atoms with E-state index in [0.717, 1.165) is 26.9 Å². The van der Waals surface area contributed by atoms with Crippen LogP contribution in [0.2, 0.25) is 5.02 Å². The van der Waals surface area contributed by atoms with E-state index in [0.29, 0.717) is 17.1 Å². The molecule has 0 aliphatic carbocycles. The summed E-state index contributed by atoms with van der Waals surface area (Å²) in [7, 11) is -3.11. The number of benzene rings is 2. The minimum atomic E-state index is -3.11. The molecule has 7 nitrogen and oxygen atoms in total. The summed E-state index contributed by atoms with van der Waals surface area (Å²) in [5.74, 6) is -0.357. The second-order valence-electron chi connectivity index (χ2n) is 7.87. The van der Waals surface area contributed by atoms with Gasteiger partial charge in [-0.1, -0.05) is 57.9 Å². The SMILES string of the molecule is O=C(N[C@@H]1CCS(=O)(=O)C1)c1cnn2c(-c3ccc(Cl)cc3)c(-c3ccccc3Br)cnc12. The van der Waals surface area contributed by atoms with Crippen LogP contribution < -0.4 is 5.32 Å². The van der Waals surface area contributed by atoms with Gasteiger partial charge in [0.1, 0.15) is 5.56 Å². The van der Waals surface area contributed by atoms with Gasteiger partial charge in [-0.2, -0.15) is 5.10 Å². The Morgan fingerprint density at radius 3 is 2.55 bits per heavy atom. The molecule has 1 aliphatic rings. The molecule has 0 spiro atoms. The molecule has 1 atom stereocenters. The Hall–Kier alpha value is -2.75. The number of fused-ring (bicyclic) bond motifs is 1. The quantitative estimate of drug-likeness (QED) is 0.410. The minimum absolute atomic E-state index is 0.0480. The molecule has 1 N–H and O–H groups in total. The first-order chi connectivity index (χ1) is 15.8. The van der Waals surface area contributed by atoms with Gasteiger partial charge in [-0.3, -0.25) is 4.79 Å². The minimum Gasteiger partial charge on any atom is -0.348 e. The highest BCUT2D eigenvalue weighted by Crippen LogP contribution is 2.36. The first kappa shape index (κ1) is 22.1. The third-order valence-electron chi connectivity index (χ3n) is 5.62. The summed E-state index contributed by atoms with van der Waals surface area (Å²) in [4.78, 5) is 17.5. The van der Waals surface area contributed by atoms with E-state index in [1.54, 1.807) is 22.8 Å². The number of amides is 1. The van der Waals surface area contributed by atoms with Crippen LogP contribution in [0, 0.1) is 0 Å². The lowest BCUT2D eigenvalue weighted by Gasteiger charge is -2.14. The van der Waals surface area contributed by atoms with Gasteiger partial charge in [-0.25, -0.2) is 17.9 Å². The van der Waals surface area contributed by atoms with E-state index >= 15 is 0 Å². The van der Waals surface area contributed by atoms with Crippen molar-refractivity contribution < 1.29 is 13.2 Å². The highest BCUT2D eigenvalue weighted by atomic mass is 79.9. The first-order valence-electron chi connectivity index (χ1n) is 10.2. The Labute approximate surface area is 203 Å². The second-order valence-corrected chi connectivity index (χ2v) is 11.4. The van der Waals surface area contributed by atoms with Crippen molar-refractivity contribution in [2.24, 2.45) is 0 Å². The summed E-state index contributed by atoms with van der Waals surface area (Å²) >= 11 is 9.72. The molecule has 0 radical (unpaired) electrons.